The number of nitrogens with one attached hydrogen (secondary N) is 1. The first kappa shape index (κ1) is 18.5. The van der Waals surface area contributed by atoms with E-state index in [1.54, 1.807) is 6.20 Å². The van der Waals surface area contributed by atoms with Crippen molar-refractivity contribution in [1.29, 1.82) is 0 Å². The van der Waals surface area contributed by atoms with Crippen molar-refractivity contribution in [3.8, 4) is 11.4 Å². The highest BCUT2D eigenvalue weighted by atomic mass is 32.2. The minimum Gasteiger partial charge on any atom is -0.377 e. The third kappa shape index (κ3) is 3.00. The summed E-state index contributed by atoms with van der Waals surface area (Å²) in [5, 5.41) is 0.912. The maximum atomic E-state index is 12.6. The highest BCUT2D eigenvalue weighted by Gasteiger charge is 2.55. The number of H-pyrrole nitrogens is 1. The summed E-state index contributed by atoms with van der Waals surface area (Å²) in [7, 11) is -3.29. The largest absolute Gasteiger partial charge is 0.377 e. The topological polar surface area (TPSA) is 101 Å². The molecule has 0 spiro atoms. The minimum atomic E-state index is -3.29. The molecule has 0 radical (unpaired) electrons. The number of nitrogens with zero attached hydrogens (tertiary/aromatic N) is 4. The molecule has 1 N–H and O–H groups in total. The van der Waals surface area contributed by atoms with Crippen molar-refractivity contribution >= 4 is 26.7 Å². The third-order valence-corrected chi connectivity index (χ3v) is 7.99. The fraction of sp³-hybridized carbons (Fsp3) is 0.450. The molecule has 3 aromatic heterocycles. The van der Waals surface area contributed by atoms with Crippen LogP contribution in [0.25, 0.3) is 22.4 Å². The van der Waals surface area contributed by atoms with Crippen molar-refractivity contribution in [2.24, 2.45) is 0 Å². The lowest BCUT2D eigenvalue weighted by atomic mass is 10.1. The average molecular weight is 414 g/mol. The van der Waals surface area contributed by atoms with E-state index >= 15 is 0 Å². The van der Waals surface area contributed by atoms with Crippen LogP contribution in [0.5, 0.6) is 0 Å². The molecule has 152 valence electrons. The van der Waals surface area contributed by atoms with Crippen LogP contribution in [0.3, 0.4) is 0 Å². The van der Waals surface area contributed by atoms with E-state index in [-0.39, 0.29) is 6.04 Å². The van der Waals surface area contributed by atoms with Crippen LogP contribution < -0.4 is 4.90 Å². The minimum absolute atomic E-state index is 0.150. The van der Waals surface area contributed by atoms with Gasteiger partial charge in [-0.1, -0.05) is 0 Å². The second kappa shape index (κ2) is 6.50. The van der Waals surface area contributed by atoms with Gasteiger partial charge in [0.1, 0.15) is 16.2 Å². The molecule has 3 aromatic rings. The zero-order valence-corrected chi connectivity index (χ0v) is 17.2. The van der Waals surface area contributed by atoms with E-state index in [4.69, 9.17) is 14.7 Å². The number of aromatic nitrogens is 4. The summed E-state index contributed by atoms with van der Waals surface area (Å²) in [5.74, 6) is 1.27. The summed E-state index contributed by atoms with van der Waals surface area (Å²) in [5.41, 5.74) is 2.17. The summed E-state index contributed by atoms with van der Waals surface area (Å²) < 4.78 is 29.8. The molecule has 0 aromatic carbocycles. The Labute approximate surface area is 169 Å². The zero-order chi connectivity index (χ0) is 20.2. The molecular weight excluding hydrogens is 390 g/mol. The van der Waals surface area contributed by atoms with Crippen LogP contribution in [0.4, 0.5) is 5.82 Å². The van der Waals surface area contributed by atoms with Gasteiger partial charge in [-0.3, -0.25) is 0 Å². The normalized spacial score (nSPS) is 21.4. The van der Waals surface area contributed by atoms with Gasteiger partial charge in [0.15, 0.2) is 15.7 Å². The molecule has 5 rings (SSSR count). The van der Waals surface area contributed by atoms with E-state index in [1.165, 1.54) is 6.26 Å². The molecule has 1 atom stereocenters. The number of morpholine rings is 1. The van der Waals surface area contributed by atoms with Crippen molar-refractivity contribution in [3.63, 3.8) is 0 Å². The smallest absolute Gasteiger partial charge is 0.162 e. The molecular formula is C20H23N5O3S. The van der Waals surface area contributed by atoms with Crippen LogP contribution >= 0.6 is 0 Å². The quantitative estimate of drug-likeness (QED) is 0.700. The maximum Gasteiger partial charge on any atom is 0.162 e. The second-order valence-corrected chi connectivity index (χ2v) is 10.2. The van der Waals surface area contributed by atoms with E-state index < -0.39 is 14.6 Å². The van der Waals surface area contributed by atoms with E-state index in [0.717, 1.165) is 22.4 Å². The van der Waals surface area contributed by atoms with Crippen molar-refractivity contribution in [2.45, 2.75) is 30.6 Å². The number of fused-ring (bicyclic) bond motifs is 1. The first-order chi connectivity index (χ1) is 13.9. The van der Waals surface area contributed by atoms with Gasteiger partial charge in [-0.25, -0.2) is 23.4 Å². The van der Waals surface area contributed by atoms with Crippen molar-refractivity contribution in [2.75, 3.05) is 30.9 Å². The van der Waals surface area contributed by atoms with Gasteiger partial charge in [0.25, 0.3) is 0 Å². The van der Waals surface area contributed by atoms with Crippen LogP contribution in [-0.2, 0) is 19.3 Å². The van der Waals surface area contributed by atoms with Gasteiger partial charge in [-0.05, 0) is 31.9 Å². The number of sulfone groups is 1. The summed E-state index contributed by atoms with van der Waals surface area (Å²) >= 11 is 0. The average Bonchev–Trinajstić information content (AvgIpc) is 3.39. The number of hydrogen-bond acceptors (Lipinski definition) is 7. The van der Waals surface area contributed by atoms with E-state index in [0.29, 0.717) is 44.1 Å². The Hall–Kier alpha value is -2.52. The zero-order valence-electron chi connectivity index (χ0n) is 16.4. The SMILES string of the molecule is C[C@@H]1COCCN1c1cc(C2(S(C)(=O)=O)CC2)nc(-c2ccnc3[nH]ccc23)n1. The Bertz CT molecular complexity index is 1190. The fourth-order valence-corrected chi connectivity index (χ4v) is 5.42. The van der Waals surface area contributed by atoms with E-state index in [1.807, 2.05) is 24.4 Å². The van der Waals surface area contributed by atoms with Gasteiger partial charge in [-0.2, -0.15) is 0 Å². The molecule has 29 heavy (non-hydrogen) atoms. The lowest BCUT2D eigenvalue weighted by Gasteiger charge is -2.34. The van der Waals surface area contributed by atoms with Gasteiger partial charge < -0.3 is 14.6 Å². The van der Waals surface area contributed by atoms with Crippen molar-refractivity contribution < 1.29 is 13.2 Å². The van der Waals surface area contributed by atoms with Crippen LogP contribution in [0.15, 0.2) is 30.6 Å². The molecule has 8 nitrogen and oxygen atoms in total. The molecule has 1 saturated carbocycles. The third-order valence-electron chi connectivity index (χ3n) is 5.96. The van der Waals surface area contributed by atoms with Gasteiger partial charge in [0.05, 0.1) is 24.9 Å². The standard InChI is InChI=1S/C20H23N5O3S/c1-13-12-28-10-9-25(13)17-11-16(20(5-6-20)29(2,26)27)23-19(24-17)15-4-8-22-18-14(15)3-7-21-18/h3-4,7-8,11,13H,5-6,9-10,12H2,1-2H3,(H,21,22)/t13-/m1/s1. The Morgan fingerprint density at radius 1 is 1.28 bits per heavy atom. The van der Waals surface area contributed by atoms with Crippen LogP contribution in [-0.4, -0.2) is 60.4 Å². The van der Waals surface area contributed by atoms with Crippen LogP contribution in [0.1, 0.15) is 25.5 Å². The maximum absolute atomic E-state index is 12.6. The number of anilines is 1. The molecule has 2 fully saturated rings. The number of hydrogen-bond donors (Lipinski definition) is 1. The number of aromatic amines is 1. The summed E-state index contributed by atoms with van der Waals surface area (Å²) in [4.78, 5) is 19.2. The molecule has 1 saturated heterocycles. The molecule has 9 heteroatoms. The van der Waals surface area contributed by atoms with Gasteiger partial charge in [0.2, 0.25) is 0 Å². The molecule has 4 heterocycles. The Morgan fingerprint density at radius 3 is 2.83 bits per heavy atom. The van der Waals surface area contributed by atoms with E-state index in [2.05, 4.69) is 21.8 Å². The summed E-state index contributed by atoms with van der Waals surface area (Å²) in [6.07, 6.45) is 6.03. The highest BCUT2D eigenvalue weighted by Crippen LogP contribution is 2.52. The Kier molecular flexibility index (Phi) is 4.15. The molecule has 0 bridgehead atoms. The molecule has 1 aliphatic heterocycles. The number of ether oxygens (including phenoxy) is 1. The number of rotatable bonds is 4. The first-order valence-electron chi connectivity index (χ1n) is 9.75. The van der Waals surface area contributed by atoms with Crippen molar-refractivity contribution in [1.82, 2.24) is 19.9 Å². The van der Waals surface area contributed by atoms with Gasteiger partial charge in [-0.15, -0.1) is 0 Å². The van der Waals surface area contributed by atoms with Gasteiger partial charge >= 0.3 is 0 Å². The van der Waals surface area contributed by atoms with Crippen LogP contribution in [0, 0.1) is 0 Å². The summed E-state index contributed by atoms with van der Waals surface area (Å²) in [6.45, 7) is 4.02. The van der Waals surface area contributed by atoms with E-state index in [9.17, 15) is 8.42 Å². The number of pyridine rings is 1. The van der Waals surface area contributed by atoms with Crippen molar-refractivity contribution in [3.05, 3.63) is 36.3 Å². The molecule has 2 aliphatic rings. The predicted molar refractivity (Wildman–Crippen MR) is 111 cm³/mol. The first-order valence-corrected chi connectivity index (χ1v) is 11.6. The van der Waals surface area contributed by atoms with Crippen LogP contribution in [0.2, 0.25) is 0 Å². The molecule has 1 aliphatic carbocycles. The fourth-order valence-electron chi connectivity index (χ4n) is 4.09. The second-order valence-electron chi connectivity index (χ2n) is 7.92. The monoisotopic (exact) mass is 413 g/mol. The van der Waals surface area contributed by atoms with Gasteiger partial charge in [0, 0.05) is 42.2 Å². The Balaban J connectivity index is 1.72. The highest BCUT2D eigenvalue weighted by molar-refractivity contribution is 7.91. The molecule has 0 unspecified atom stereocenters. The lowest BCUT2D eigenvalue weighted by molar-refractivity contribution is 0.0985. The molecule has 0 amide bonds. The Morgan fingerprint density at radius 2 is 2.10 bits per heavy atom. The summed E-state index contributed by atoms with van der Waals surface area (Å²) in [6, 6.07) is 5.82. The lowest BCUT2D eigenvalue weighted by Crippen LogP contribution is -2.44. The predicted octanol–water partition coefficient (Wildman–Crippen LogP) is 2.28.